The molecule has 0 amide bonds. The Kier molecular flexibility index (Phi) is 6.94. The van der Waals surface area contributed by atoms with Crippen LogP contribution in [0.4, 0.5) is 0 Å². The molecule has 5 nitrogen and oxygen atoms in total. The van der Waals surface area contributed by atoms with Gasteiger partial charge in [-0.25, -0.2) is 4.79 Å². The number of esters is 1. The minimum atomic E-state index is -0.301. The molecule has 1 unspecified atom stereocenters. The molecule has 0 aromatic carbocycles. The quantitative estimate of drug-likeness (QED) is 0.583. The van der Waals surface area contributed by atoms with Gasteiger partial charge in [0.05, 0.1) is 18.5 Å². The highest BCUT2D eigenvalue weighted by molar-refractivity contribution is 7.99. The number of carbonyl (C=O) groups is 1. The van der Waals surface area contributed by atoms with Gasteiger partial charge in [-0.2, -0.15) is 16.9 Å². The largest absolute Gasteiger partial charge is 0.462 e. The van der Waals surface area contributed by atoms with E-state index in [2.05, 4.69) is 23.6 Å². The second-order valence-corrected chi connectivity index (χ2v) is 5.64. The van der Waals surface area contributed by atoms with Gasteiger partial charge in [0.15, 0.2) is 0 Å². The van der Waals surface area contributed by atoms with Crippen LogP contribution in [0.1, 0.15) is 36.3 Å². The molecule has 0 saturated heterocycles. The van der Waals surface area contributed by atoms with E-state index in [1.807, 2.05) is 18.8 Å². The summed E-state index contributed by atoms with van der Waals surface area (Å²) in [6.45, 7) is 5.95. The van der Waals surface area contributed by atoms with Gasteiger partial charge in [-0.15, -0.1) is 0 Å². The zero-order chi connectivity index (χ0) is 14.3. The summed E-state index contributed by atoms with van der Waals surface area (Å²) < 4.78 is 6.74. The van der Waals surface area contributed by atoms with Crippen molar-refractivity contribution in [3.63, 3.8) is 0 Å². The van der Waals surface area contributed by atoms with Crippen molar-refractivity contribution in [1.29, 1.82) is 0 Å². The average molecular weight is 285 g/mol. The maximum atomic E-state index is 11.8. The lowest BCUT2D eigenvalue weighted by atomic mass is 10.2. The average Bonchev–Trinajstić information content (AvgIpc) is 2.76. The molecule has 108 valence electrons. The molecular weight excluding hydrogens is 262 g/mol. The molecule has 1 N–H and O–H groups in total. The van der Waals surface area contributed by atoms with E-state index in [-0.39, 0.29) is 5.97 Å². The standard InChI is InChI=1S/C13H23N3O2S/c1-5-18-13(17)11-8-15-16(3)12(11)9-14-7-6-10(2)19-4/h8,10,14H,5-7,9H2,1-4H3. The van der Waals surface area contributed by atoms with Gasteiger partial charge in [-0.3, -0.25) is 4.68 Å². The smallest absolute Gasteiger partial charge is 0.341 e. The van der Waals surface area contributed by atoms with E-state index >= 15 is 0 Å². The van der Waals surface area contributed by atoms with E-state index in [1.165, 1.54) is 0 Å². The Morgan fingerprint density at radius 2 is 2.37 bits per heavy atom. The molecule has 1 rings (SSSR count). The Labute approximate surface area is 119 Å². The van der Waals surface area contributed by atoms with Crippen molar-refractivity contribution < 1.29 is 9.53 Å². The first kappa shape index (κ1) is 16.0. The maximum absolute atomic E-state index is 11.8. The third-order valence-electron chi connectivity index (χ3n) is 2.98. The zero-order valence-corrected chi connectivity index (χ0v) is 12.9. The molecule has 1 aromatic rings. The van der Waals surface area contributed by atoms with Crippen LogP contribution in [0.3, 0.4) is 0 Å². The highest BCUT2D eigenvalue weighted by Gasteiger charge is 2.16. The van der Waals surface area contributed by atoms with E-state index < -0.39 is 0 Å². The summed E-state index contributed by atoms with van der Waals surface area (Å²) in [6, 6.07) is 0. The van der Waals surface area contributed by atoms with E-state index in [0.29, 0.717) is 24.0 Å². The molecule has 0 aliphatic heterocycles. The first-order chi connectivity index (χ1) is 9.10. The lowest BCUT2D eigenvalue weighted by Gasteiger charge is -2.10. The fourth-order valence-electron chi connectivity index (χ4n) is 1.68. The van der Waals surface area contributed by atoms with Gasteiger partial charge in [0.25, 0.3) is 0 Å². The number of rotatable bonds is 8. The van der Waals surface area contributed by atoms with E-state index in [9.17, 15) is 4.79 Å². The van der Waals surface area contributed by atoms with Crippen molar-refractivity contribution in [2.75, 3.05) is 19.4 Å². The number of thioether (sulfide) groups is 1. The molecule has 1 heterocycles. The first-order valence-corrected chi connectivity index (χ1v) is 7.80. The molecule has 0 bridgehead atoms. The number of nitrogens with one attached hydrogen (secondary N) is 1. The molecule has 1 atom stereocenters. The lowest BCUT2D eigenvalue weighted by molar-refractivity contribution is 0.0524. The third-order valence-corrected chi connectivity index (χ3v) is 4.02. The van der Waals surface area contributed by atoms with E-state index in [1.54, 1.807) is 17.8 Å². The number of hydrogen-bond donors (Lipinski definition) is 1. The Balaban J connectivity index is 2.53. The van der Waals surface area contributed by atoms with Crippen molar-refractivity contribution in [2.45, 2.75) is 32.1 Å². The Morgan fingerprint density at radius 1 is 1.63 bits per heavy atom. The summed E-state index contributed by atoms with van der Waals surface area (Å²) >= 11 is 1.86. The van der Waals surface area contributed by atoms with Crippen molar-refractivity contribution in [1.82, 2.24) is 15.1 Å². The molecule has 0 aliphatic carbocycles. The summed E-state index contributed by atoms with van der Waals surface area (Å²) in [5, 5.41) is 8.11. The van der Waals surface area contributed by atoms with Gasteiger partial charge >= 0.3 is 5.97 Å². The monoisotopic (exact) mass is 285 g/mol. The maximum Gasteiger partial charge on any atom is 0.341 e. The van der Waals surface area contributed by atoms with Crippen LogP contribution < -0.4 is 5.32 Å². The SMILES string of the molecule is CCOC(=O)c1cnn(C)c1CNCCC(C)SC. The first-order valence-electron chi connectivity index (χ1n) is 6.51. The molecule has 0 saturated carbocycles. The van der Waals surface area contributed by atoms with Crippen LogP contribution in [0.15, 0.2) is 6.20 Å². The van der Waals surface area contributed by atoms with Crippen LogP contribution in [-0.2, 0) is 18.3 Å². The second-order valence-electron chi connectivity index (χ2n) is 4.36. The van der Waals surface area contributed by atoms with Crippen LogP contribution in [0.2, 0.25) is 0 Å². The molecule has 0 fully saturated rings. The Morgan fingerprint density at radius 3 is 3.00 bits per heavy atom. The number of ether oxygens (including phenoxy) is 1. The van der Waals surface area contributed by atoms with Crippen molar-refractivity contribution in [3.05, 3.63) is 17.5 Å². The number of hydrogen-bond acceptors (Lipinski definition) is 5. The number of aryl methyl sites for hydroxylation is 1. The van der Waals surface area contributed by atoms with Gasteiger partial charge < -0.3 is 10.1 Å². The number of aromatic nitrogens is 2. The lowest BCUT2D eigenvalue weighted by Crippen LogP contribution is -2.21. The highest BCUT2D eigenvalue weighted by atomic mass is 32.2. The zero-order valence-electron chi connectivity index (χ0n) is 12.1. The normalized spacial score (nSPS) is 12.4. The number of nitrogens with zero attached hydrogens (tertiary/aromatic N) is 2. The Bertz CT molecular complexity index is 407. The molecule has 6 heteroatoms. The van der Waals surface area contributed by atoms with Gasteiger partial charge in [0.2, 0.25) is 0 Å². The van der Waals surface area contributed by atoms with Crippen LogP contribution in [0.25, 0.3) is 0 Å². The van der Waals surface area contributed by atoms with Crippen LogP contribution in [-0.4, -0.2) is 40.4 Å². The Hall–Kier alpha value is -1.01. The van der Waals surface area contributed by atoms with E-state index in [4.69, 9.17) is 4.74 Å². The van der Waals surface area contributed by atoms with Gasteiger partial charge in [0, 0.05) is 18.8 Å². The molecule has 19 heavy (non-hydrogen) atoms. The van der Waals surface area contributed by atoms with Crippen molar-refractivity contribution >= 4 is 17.7 Å². The van der Waals surface area contributed by atoms with E-state index in [0.717, 1.165) is 18.7 Å². The minimum Gasteiger partial charge on any atom is -0.462 e. The summed E-state index contributed by atoms with van der Waals surface area (Å²) in [4.78, 5) is 11.8. The topological polar surface area (TPSA) is 56.1 Å². The predicted octanol–water partition coefficient (Wildman–Crippen LogP) is 1.83. The van der Waals surface area contributed by atoms with Crippen LogP contribution in [0, 0.1) is 0 Å². The van der Waals surface area contributed by atoms with Crippen LogP contribution >= 0.6 is 11.8 Å². The van der Waals surface area contributed by atoms with Gasteiger partial charge in [0.1, 0.15) is 5.56 Å². The highest BCUT2D eigenvalue weighted by Crippen LogP contribution is 2.10. The second kappa shape index (κ2) is 8.22. The molecule has 1 aromatic heterocycles. The fraction of sp³-hybridized carbons (Fsp3) is 0.692. The van der Waals surface area contributed by atoms with Crippen LogP contribution in [0.5, 0.6) is 0 Å². The minimum absolute atomic E-state index is 0.301. The summed E-state index contributed by atoms with van der Waals surface area (Å²) in [6.07, 6.45) is 4.79. The molecule has 0 spiro atoms. The third kappa shape index (κ3) is 4.87. The van der Waals surface area contributed by atoms with Crippen molar-refractivity contribution in [3.8, 4) is 0 Å². The molecular formula is C13H23N3O2S. The predicted molar refractivity (Wildman–Crippen MR) is 78.5 cm³/mol. The van der Waals surface area contributed by atoms with Gasteiger partial charge in [-0.05, 0) is 26.1 Å². The van der Waals surface area contributed by atoms with Gasteiger partial charge in [-0.1, -0.05) is 6.92 Å². The summed E-state index contributed by atoms with van der Waals surface area (Å²) in [5.41, 5.74) is 1.42. The molecule has 0 radical (unpaired) electrons. The summed E-state index contributed by atoms with van der Waals surface area (Å²) in [7, 11) is 1.84. The fourth-order valence-corrected chi connectivity index (χ4v) is 2.04. The van der Waals surface area contributed by atoms with Crippen molar-refractivity contribution in [2.24, 2.45) is 7.05 Å². The number of carbonyl (C=O) groups excluding carboxylic acids is 1. The summed E-state index contributed by atoms with van der Waals surface area (Å²) in [5.74, 6) is -0.301. The molecule has 0 aliphatic rings.